The van der Waals surface area contributed by atoms with E-state index in [1.54, 1.807) is 49.4 Å². The fourth-order valence-electron chi connectivity index (χ4n) is 3.39. The normalized spacial score (nSPS) is 15.1. The standard InChI is InChI=1S/C23H21N3O4/c1-25-21(19-14-13-18(29-2)15-20(19)30-23(25)28)26(17-11-7-4-8-12-17)22(27)24-16-9-5-3-6-10-16/h3-15,21H,1-2H3,(H,24,27). The van der Waals surface area contributed by atoms with E-state index in [1.807, 2.05) is 48.5 Å². The monoisotopic (exact) mass is 403 g/mol. The van der Waals surface area contributed by atoms with Gasteiger partial charge in [-0.15, -0.1) is 0 Å². The minimum absolute atomic E-state index is 0.357. The van der Waals surface area contributed by atoms with E-state index in [0.29, 0.717) is 28.4 Å². The molecule has 0 saturated carbocycles. The predicted molar refractivity (Wildman–Crippen MR) is 114 cm³/mol. The summed E-state index contributed by atoms with van der Waals surface area (Å²) in [6, 6.07) is 23.2. The number of rotatable bonds is 4. The second kappa shape index (κ2) is 8.16. The molecule has 1 aliphatic rings. The smallest absolute Gasteiger partial charge is 0.416 e. The van der Waals surface area contributed by atoms with E-state index in [1.165, 1.54) is 4.90 Å². The second-order valence-electron chi connectivity index (χ2n) is 6.76. The molecule has 0 aliphatic carbocycles. The summed E-state index contributed by atoms with van der Waals surface area (Å²) < 4.78 is 10.7. The summed E-state index contributed by atoms with van der Waals surface area (Å²) in [7, 11) is 3.14. The number of hydrogen-bond acceptors (Lipinski definition) is 4. The molecule has 1 aliphatic heterocycles. The molecule has 1 heterocycles. The minimum atomic E-state index is -0.710. The van der Waals surface area contributed by atoms with Crippen molar-refractivity contribution in [2.24, 2.45) is 0 Å². The van der Waals surface area contributed by atoms with Crippen molar-refractivity contribution in [3.05, 3.63) is 84.4 Å². The Balaban J connectivity index is 1.80. The summed E-state index contributed by atoms with van der Waals surface area (Å²) in [6.07, 6.45) is -1.27. The molecule has 3 amide bonds. The molecule has 3 aromatic rings. The molecule has 0 spiro atoms. The molecule has 0 fully saturated rings. The van der Waals surface area contributed by atoms with Gasteiger partial charge >= 0.3 is 12.1 Å². The third-order valence-corrected chi connectivity index (χ3v) is 4.87. The summed E-state index contributed by atoms with van der Waals surface area (Å²) in [5.74, 6) is 0.917. The van der Waals surface area contributed by atoms with Crippen molar-refractivity contribution in [3.8, 4) is 11.5 Å². The van der Waals surface area contributed by atoms with Gasteiger partial charge in [0.25, 0.3) is 0 Å². The summed E-state index contributed by atoms with van der Waals surface area (Å²) in [6.45, 7) is 0. The molecule has 0 bridgehead atoms. The highest BCUT2D eigenvalue weighted by atomic mass is 16.6. The van der Waals surface area contributed by atoms with E-state index in [-0.39, 0.29) is 6.03 Å². The first kappa shape index (κ1) is 19.3. The van der Waals surface area contributed by atoms with E-state index in [9.17, 15) is 9.59 Å². The molecule has 7 nitrogen and oxygen atoms in total. The van der Waals surface area contributed by atoms with E-state index < -0.39 is 12.3 Å². The van der Waals surface area contributed by atoms with E-state index in [2.05, 4.69) is 5.32 Å². The molecule has 0 radical (unpaired) electrons. The molecule has 4 rings (SSSR count). The van der Waals surface area contributed by atoms with Crippen molar-refractivity contribution in [2.45, 2.75) is 6.17 Å². The number of carbonyl (C=O) groups excluding carboxylic acids is 2. The van der Waals surface area contributed by atoms with Crippen molar-refractivity contribution in [2.75, 3.05) is 24.4 Å². The number of carbonyl (C=O) groups is 2. The van der Waals surface area contributed by atoms with Crippen LogP contribution < -0.4 is 19.7 Å². The number of anilines is 2. The number of urea groups is 1. The zero-order valence-electron chi connectivity index (χ0n) is 16.6. The first-order chi connectivity index (χ1) is 14.6. The van der Waals surface area contributed by atoms with Crippen LogP contribution in [0.3, 0.4) is 0 Å². The highest BCUT2D eigenvalue weighted by molar-refractivity contribution is 6.02. The van der Waals surface area contributed by atoms with Gasteiger partial charge in [-0.1, -0.05) is 36.4 Å². The van der Waals surface area contributed by atoms with Crippen LogP contribution >= 0.6 is 0 Å². The van der Waals surface area contributed by atoms with Crippen LogP contribution in [0.25, 0.3) is 0 Å². The molecule has 30 heavy (non-hydrogen) atoms. The van der Waals surface area contributed by atoms with Crippen LogP contribution in [0, 0.1) is 0 Å². The molecule has 1 N–H and O–H groups in total. The fourth-order valence-corrected chi connectivity index (χ4v) is 3.39. The number of hydrogen-bond donors (Lipinski definition) is 1. The Labute approximate surface area is 174 Å². The maximum Gasteiger partial charge on any atom is 0.416 e. The molecule has 0 saturated heterocycles. The lowest BCUT2D eigenvalue weighted by atomic mass is 10.1. The van der Waals surface area contributed by atoms with Gasteiger partial charge in [0, 0.05) is 30.1 Å². The van der Waals surface area contributed by atoms with E-state index in [4.69, 9.17) is 9.47 Å². The molecule has 0 aromatic heterocycles. The van der Waals surface area contributed by atoms with Crippen molar-refractivity contribution in [1.82, 2.24) is 4.90 Å². The molecule has 3 aromatic carbocycles. The number of amides is 3. The average Bonchev–Trinajstić information content (AvgIpc) is 2.77. The van der Waals surface area contributed by atoms with Gasteiger partial charge in [-0.2, -0.15) is 0 Å². The van der Waals surface area contributed by atoms with Gasteiger partial charge in [-0.25, -0.2) is 9.59 Å². The first-order valence-corrected chi connectivity index (χ1v) is 9.41. The molecule has 152 valence electrons. The summed E-state index contributed by atoms with van der Waals surface area (Å²) >= 11 is 0. The zero-order chi connectivity index (χ0) is 21.1. The Morgan fingerprint density at radius 1 is 1.03 bits per heavy atom. The molecular weight excluding hydrogens is 382 g/mol. The van der Waals surface area contributed by atoms with Gasteiger partial charge in [0.05, 0.1) is 7.11 Å². The van der Waals surface area contributed by atoms with Gasteiger partial charge in [-0.05, 0) is 36.4 Å². The summed E-state index contributed by atoms with van der Waals surface area (Å²) in [5, 5.41) is 2.91. The fraction of sp³-hybridized carbons (Fsp3) is 0.130. The predicted octanol–water partition coefficient (Wildman–Crippen LogP) is 4.88. The van der Waals surface area contributed by atoms with Crippen molar-refractivity contribution < 1.29 is 19.1 Å². The van der Waals surface area contributed by atoms with Crippen molar-refractivity contribution >= 4 is 23.5 Å². The molecular formula is C23H21N3O4. The molecule has 1 unspecified atom stereocenters. The van der Waals surface area contributed by atoms with E-state index in [0.717, 1.165) is 0 Å². The van der Waals surface area contributed by atoms with Crippen LogP contribution in [0.2, 0.25) is 0 Å². The Hall–Kier alpha value is -4.00. The third kappa shape index (κ3) is 3.65. The van der Waals surface area contributed by atoms with Crippen LogP contribution in [-0.2, 0) is 0 Å². The van der Waals surface area contributed by atoms with Crippen LogP contribution in [0.4, 0.5) is 21.0 Å². The second-order valence-corrected chi connectivity index (χ2v) is 6.76. The lowest BCUT2D eigenvalue weighted by molar-refractivity contribution is 0.131. The number of nitrogens with one attached hydrogen (secondary N) is 1. The van der Waals surface area contributed by atoms with Gasteiger partial charge in [0.2, 0.25) is 0 Å². The minimum Gasteiger partial charge on any atom is -0.497 e. The van der Waals surface area contributed by atoms with Gasteiger partial charge in [0.1, 0.15) is 17.7 Å². The number of benzene rings is 3. The number of nitrogens with zero attached hydrogens (tertiary/aromatic N) is 2. The Bertz CT molecular complexity index is 1060. The van der Waals surface area contributed by atoms with Crippen molar-refractivity contribution in [3.63, 3.8) is 0 Å². The number of ether oxygens (including phenoxy) is 2. The highest BCUT2D eigenvalue weighted by Crippen LogP contribution is 2.40. The highest BCUT2D eigenvalue weighted by Gasteiger charge is 2.39. The zero-order valence-corrected chi connectivity index (χ0v) is 16.6. The average molecular weight is 403 g/mol. The van der Waals surface area contributed by atoms with Gasteiger partial charge in [-0.3, -0.25) is 9.80 Å². The lowest BCUT2D eigenvalue weighted by Crippen LogP contribution is -2.50. The Kier molecular flexibility index (Phi) is 5.26. The SMILES string of the molecule is COc1ccc2c(c1)OC(=O)N(C)C2N(C(=O)Nc1ccccc1)c1ccccc1. The largest absolute Gasteiger partial charge is 0.497 e. The molecule has 7 heteroatoms. The lowest BCUT2D eigenvalue weighted by Gasteiger charge is -2.40. The molecule has 1 atom stereocenters. The topological polar surface area (TPSA) is 71.1 Å². The number of fused-ring (bicyclic) bond motifs is 1. The van der Waals surface area contributed by atoms with Crippen LogP contribution in [0.5, 0.6) is 11.5 Å². The van der Waals surface area contributed by atoms with Crippen LogP contribution in [0.15, 0.2) is 78.9 Å². The third-order valence-electron chi connectivity index (χ3n) is 4.87. The maximum atomic E-state index is 13.4. The Morgan fingerprint density at radius 2 is 1.70 bits per heavy atom. The maximum absolute atomic E-state index is 13.4. The van der Waals surface area contributed by atoms with Crippen LogP contribution in [-0.4, -0.2) is 31.2 Å². The van der Waals surface area contributed by atoms with Crippen molar-refractivity contribution in [1.29, 1.82) is 0 Å². The Morgan fingerprint density at radius 3 is 2.37 bits per heavy atom. The summed E-state index contributed by atoms with van der Waals surface area (Å²) in [5.41, 5.74) is 1.96. The van der Waals surface area contributed by atoms with E-state index >= 15 is 0 Å². The van der Waals surface area contributed by atoms with Gasteiger partial charge in [0.15, 0.2) is 0 Å². The first-order valence-electron chi connectivity index (χ1n) is 9.41. The number of methoxy groups -OCH3 is 1. The number of para-hydroxylation sites is 2. The van der Waals surface area contributed by atoms with Crippen LogP contribution in [0.1, 0.15) is 11.7 Å². The van der Waals surface area contributed by atoms with Gasteiger partial charge < -0.3 is 14.8 Å². The summed E-state index contributed by atoms with van der Waals surface area (Å²) in [4.78, 5) is 28.9. The quantitative estimate of drug-likeness (QED) is 0.674.